The SMILES string of the molecule is COc1cc(Cn2cc(CN)cn2)cc2onc(N)c12. The third-order valence-corrected chi connectivity index (χ3v) is 3.11. The molecule has 20 heavy (non-hydrogen) atoms. The summed E-state index contributed by atoms with van der Waals surface area (Å²) in [6.45, 7) is 1.06. The fourth-order valence-electron chi connectivity index (χ4n) is 2.15. The first-order valence-corrected chi connectivity index (χ1v) is 6.14. The summed E-state index contributed by atoms with van der Waals surface area (Å²) in [6, 6.07) is 3.78. The summed E-state index contributed by atoms with van der Waals surface area (Å²) in [5.41, 5.74) is 13.9. The number of nitrogen functional groups attached to an aromatic ring is 1. The van der Waals surface area contributed by atoms with E-state index in [0.29, 0.717) is 35.6 Å². The highest BCUT2D eigenvalue weighted by Gasteiger charge is 2.13. The summed E-state index contributed by atoms with van der Waals surface area (Å²) in [5, 5.41) is 8.70. The molecule has 104 valence electrons. The average Bonchev–Trinajstić information content (AvgIpc) is 3.05. The van der Waals surface area contributed by atoms with Gasteiger partial charge in [-0.3, -0.25) is 4.68 Å². The van der Waals surface area contributed by atoms with Gasteiger partial charge in [0.05, 0.1) is 19.9 Å². The Morgan fingerprint density at radius 3 is 2.90 bits per heavy atom. The second-order valence-corrected chi connectivity index (χ2v) is 4.49. The number of ether oxygens (including phenoxy) is 1. The lowest BCUT2D eigenvalue weighted by atomic mass is 10.1. The standard InChI is InChI=1S/C13H15N5O2/c1-19-10-2-8(3-11-12(10)13(15)17-20-11)6-18-7-9(4-14)5-16-18/h2-3,5,7H,4,6,14H2,1H3,(H2,15,17). The Morgan fingerprint density at radius 2 is 2.20 bits per heavy atom. The van der Waals surface area contributed by atoms with E-state index < -0.39 is 0 Å². The van der Waals surface area contributed by atoms with Crippen LogP contribution in [0.4, 0.5) is 5.82 Å². The van der Waals surface area contributed by atoms with Crippen LogP contribution < -0.4 is 16.2 Å². The zero-order chi connectivity index (χ0) is 14.1. The third kappa shape index (κ3) is 2.08. The van der Waals surface area contributed by atoms with E-state index in [-0.39, 0.29) is 0 Å². The van der Waals surface area contributed by atoms with E-state index >= 15 is 0 Å². The molecule has 3 aromatic rings. The van der Waals surface area contributed by atoms with Gasteiger partial charge in [-0.1, -0.05) is 5.16 Å². The first kappa shape index (κ1) is 12.5. The van der Waals surface area contributed by atoms with Crippen molar-refractivity contribution in [2.24, 2.45) is 5.73 Å². The Balaban J connectivity index is 1.99. The minimum Gasteiger partial charge on any atom is -0.496 e. The lowest BCUT2D eigenvalue weighted by Gasteiger charge is -2.06. The second kappa shape index (κ2) is 4.86. The van der Waals surface area contributed by atoms with E-state index in [1.54, 1.807) is 13.3 Å². The van der Waals surface area contributed by atoms with Crippen LogP contribution in [0.1, 0.15) is 11.1 Å². The molecule has 0 radical (unpaired) electrons. The van der Waals surface area contributed by atoms with Gasteiger partial charge in [0.15, 0.2) is 11.4 Å². The zero-order valence-electron chi connectivity index (χ0n) is 11.0. The van der Waals surface area contributed by atoms with Crippen molar-refractivity contribution in [3.8, 4) is 5.75 Å². The van der Waals surface area contributed by atoms with Gasteiger partial charge in [-0.2, -0.15) is 5.10 Å². The molecule has 0 aliphatic heterocycles. The van der Waals surface area contributed by atoms with Crippen LogP contribution in [0.2, 0.25) is 0 Å². The van der Waals surface area contributed by atoms with Crippen molar-refractivity contribution in [2.45, 2.75) is 13.1 Å². The highest BCUT2D eigenvalue weighted by molar-refractivity contribution is 5.93. The molecule has 0 saturated carbocycles. The molecular weight excluding hydrogens is 258 g/mol. The molecule has 0 spiro atoms. The Bertz CT molecular complexity index is 746. The van der Waals surface area contributed by atoms with Gasteiger partial charge in [0, 0.05) is 18.3 Å². The molecule has 0 aliphatic rings. The van der Waals surface area contributed by atoms with Gasteiger partial charge in [0.25, 0.3) is 0 Å². The molecule has 0 aliphatic carbocycles. The van der Waals surface area contributed by atoms with E-state index in [1.165, 1.54) is 0 Å². The van der Waals surface area contributed by atoms with Crippen LogP contribution in [0.25, 0.3) is 11.0 Å². The number of benzene rings is 1. The minimum absolute atomic E-state index is 0.327. The molecule has 0 amide bonds. The largest absolute Gasteiger partial charge is 0.496 e. The van der Waals surface area contributed by atoms with Crippen LogP contribution in [0.15, 0.2) is 29.0 Å². The molecule has 0 unspecified atom stereocenters. The summed E-state index contributed by atoms with van der Waals surface area (Å²) in [7, 11) is 1.59. The van der Waals surface area contributed by atoms with Gasteiger partial charge in [-0.15, -0.1) is 0 Å². The van der Waals surface area contributed by atoms with Gasteiger partial charge >= 0.3 is 0 Å². The zero-order valence-corrected chi connectivity index (χ0v) is 11.0. The number of methoxy groups -OCH3 is 1. The summed E-state index contributed by atoms with van der Waals surface area (Å²) < 4.78 is 12.3. The lowest BCUT2D eigenvalue weighted by Crippen LogP contribution is -2.01. The van der Waals surface area contributed by atoms with Crippen LogP contribution in [0.5, 0.6) is 5.75 Å². The molecule has 0 saturated heterocycles. The number of fused-ring (bicyclic) bond motifs is 1. The number of nitrogens with two attached hydrogens (primary N) is 2. The van der Waals surface area contributed by atoms with Gasteiger partial charge in [-0.25, -0.2) is 0 Å². The van der Waals surface area contributed by atoms with Gasteiger partial charge in [0.1, 0.15) is 11.1 Å². The topological polar surface area (TPSA) is 105 Å². The van der Waals surface area contributed by atoms with Crippen molar-refractivity contribution in [3.63, 3.8) is 0 Å². The maximum atomic E-state index is 5.76. The van der Waals surface area contributed by atoms with Crippen LogP contribution in [-0.2, 0) is 13.1 Å². The van der Waals surface area contributed by atoms with Crippen LogP contribution in [-0.4, -0.2) is 22.0 Å². The van der Waals surface area contributed by atoms with Crippen molar-refractivity contribution in [3.05, 3.63) is 35.7 Å². The first-order valence-electron chi connectivity index (χ1n) is 6.14. The quantitative estimate of drug-likeness (QED) is 0.738. The Morgan fingerprint density at radius 1 is 1.35 bits per heavy atom. The molecule has 4 N–H and O–H groups in total. The fourth-order valence-corrected chi connectivity index (χ4v) is 2.15. The highest BCUT2D eigenvalue weighted by atomic mass is 16.5. The molecule has 2 aromatic heterocycles. The molecular formula is C13H15N5O2. The van der Waals surface area contributed by atoms with E-state index in [4.69, 9.17) is 20.7 Å². The van der Waals surface area contributed by atoms with Crippen LogP contribution >= 0.6 is 0 Å². The maximum absolute atomic E-state index is 5.76. The van der Waals surface area contributed by atoms with E-state index in [1.807, 2.05) is 23.0 Å². The smallest absolute Gasteiger partial charge is 0.178 e. The van der Waals surface area contributed by atoms with Crippen molar-refractivity contribution in [2.75, 3.05) is 12.8 Å². The average molecular weight is 273 g/mol. The van der Waals surface area contributed by atoms with Crippen LogP contribution in [0, 0.1) is 0 Å². The lowest BCUT2D eigenvalue weighted by molar-refractivity contribution is 0.418. The van der Waals surface area contributed by atoms with E-state index in [2.05, 4.69) is 10.3 Å². The van der Waals surface area contributed by atoms with Crippen LogP contribution in [0.3, 0.4) is 0 Å². The third-order valence-electron chi connectivity index (χ3n) is 3.11. The summed E-state index contributed by atoms with van der Waals surface area (Å²) in [6.07, 6.45) is 3.66. The van der Waals surface area contributed by atoms with E-state index in [0.717, 1.165) is 11.1 Å². The van der Waals surface area contributed by atoms with E-state index in [9.17, 15) is 0 Å². The molecule has 0 bridgehead atoms. The highest BCUT2D eigenvalue weighted by Crippen LogP contribution is 2.32. The fraction of sp³-hybridized carbons (Fsp3) is 0.231. The Hall–Kier alpha value is -2.54. The molecule has 7 nitrogen and oxygen atoms in total. The molecule has 0 fully saturated rings. The van der Waals surface area contributed by atoms with Crippen molar-refractivity contribution in [1.82, 2.24) is 14.9 Å². The number of anilines is 1. The predicted octanol–water partition coefficient (Wildman–Crippen LogP) is 1.12. The minimum atomic E-state index is 0.327. The number of nitrogens with zero attached hydrogens (tertiary/aromatic N) is 3. The number of hydrogen-bond acceptors (Lipinski definition) is 6. The maximum Gasteiger partial charge on any atom is 0.178 e. The predicted molar refractivity (Wildman–Crippen MR) is 74.2 cm³/mol. The van der Waals surface area contributed by atoms with Gasteiger partial charge in [0.2, 0.25) is 0 Å². The van der Waals surface area contributed by atoms with Crippen molar-refractivity contribution < 1.29 is 9.26 Å². The molecule has 2 heterocycles. The van der Waals surface area contributed by atoms with Crippen molar-refractivity contribution in [1.29, 1.82) is 0 Å². The van der Waals surface area contributed by atoms with Crippen molar-refractivity contribution >= 4 is 16.8 Å². The van der Waals surface area contributed by atoms with Gasteiger partial charge in [-0.05, 0) is 17.7 Å². The number of aromatic nitrogens is 3. The first-order chi connectivity index (χ1) is 9.71. The van der Waals surface area contributed by atoms with Gasteiger partial charge < -0.3 is 20.7 Å². The Kier molecular flexibility index (Phi) is 3.03. The Labute approximate surface area is 115 Å². The normalized spacial score (nSPS) is 11.1. The molecule has 7 heteroatoms. The summed E-state index contributed by atoms with van der Waals surface area (Å²) in [5.74, 6) is 0.968. The molecule has 3 rings (SSSR count). The number of hydrogen-bond donors (Lipinski definition) is 2. The number of rotatable bonds is 4. The summed E-state index contributed by atoms with van der Waals surface area (Å²) >= 11 is 0. The molecule has 0 atom stereocenters. The molecule has 1 aromatic carbocycles. The monoisotopic (exact) mass is 273 g/mol. The second-order valence-electron chi connectivity index (χ2n) is 4.49. The summed E-state index contributed by atoms with van der Waals surface area (Å²) in [4.78, 5) is 0.